The van der Waals surface area contributed by atoms with Crippen LogP contribution in [0.4, 0.5) is 5.69 Å². The number of nitrogens with one attached hydrogen (secondary N) is 1. The van der Waals surface area contributed by atoms with Crippen LogP contribution in [0.15, 0.2) is 17.6 Å². The predicted molar refractivity (Wildman–Crippen MR) is 75.7 cm³/mol. The zero-order valence-corrected chi connectivity index (χ0v) is 11.9. The number of amides is 1. The zero-order chi connectivity index (χ0) is 13.3. The number of benzene rings is 1. The fraction of sp³-hybridized carbons (Fsp3) is 0.231. The number of anilines is 1. The van der Waals surface area contributed by atoms with E-state index in [1.807, 2.05) is 32.9 Å². The number of rotatable bonds is 2. The van der Waals surface area contributed by atoms with Gasteiger partial charge in [0.25, 0.3) is 5.91 Å². The van der Waals surface area contributed by atoms with Crippen LogP contribution in [0.5, 0.6) is 0 Å². The Bertz CT molecular complexity index is 584. The fourth-order valence-electron chi connectivity index (χ4n) is 1.77. The van der Waals surface area contributed by atoms with Gasteiger partial charge >= 0.3 is 0 Å². The molecule has 1 aromatic carbocycles. The summed E-state index contributed by atoms with van der Waals surface area (Å²) >= 11 is 7.60. The van der Waals surface area contributed by atoms with E-state index in [1.54, 1.807) is 5.51 Å². The largest absolute Gasteiger partial charge is 0.319 e. The molecule has 18 heavy (non-hydrogen) atoms. The van der Waals surface area contributed by atoms with Gasteiger partial charge in [0.2, 0.25) is 0 Å². The standard InChI is InChI=1S/C13H13ClN2OS/c1-7-4-8(2)11(10(14)5-7)16-13(17)12-9(3)18-6-15-12/h4-6H,1-3H3,(H,16,17). The number of hydrogen-bond donors (Lipinski definition) is 1. The highest BCUT2D eigenvalue weighted by Crippen LogP contribution is 2.28. The molecule has 94 valence electrons. The quantitative estimate of drug-likeness (QED) is 0.904. The lowest BCUT2D eigenvalue weighted by molar-refractivity contribution is 0.102. The number of nitrogens with zero attached hydrogens (tertiary/aromatic N) is 1. The summed E-state index contributed by atoms with van der Waals surface area (Å²) in [5.41, 5.74) is 4.78. The molecule has 1 aromatic heterocycles. The minimum absolute atomic E-state index is 0.220. The van der Waals surface area contributed by atoms with Crippen molar-refractivity contribution in [3.05, 3.63) is 44.4 Å². The molecule has 0 bridgehead atoms. The number of aryl methyl sites for hydroxylation is 3. The Morgan fingerprint density at radius 2 is 2.06 bits per heavy atom. The van der Waals surface area contributed by atoms with Gasteiger partial charge in [-0.2, -0.15) is 0 Å². The Kier molecular flexibility index (Phi) is 3.68. The Hall–Kier alpha value is -1.39. The first-order valence-electron chi connectivity index (χ1n) is 5.47. The van der Waals surface area contributed by atoms with Crippen LogP contribution in [0.2, 0.25) is 5.02 Å². The van der Waals surface area contributed by atoms with E-state index in [0.717, 1.165) is 16.0 Å². The third-order valence-corrected chi connectivity index (χ3v) is 3.69. The van der Waals surface area contributed by atoms with E-state index in [1.165, 1.54) is 11.3 Å². The van der Waals surface area contributed by atoms with Crippen molar-refractivity contribution in [2.75, 3.05) is 5.32 Å². The maximum absolute atomic E-state index is 12.1. The molecule has 0 aliphatic heterocycles. The molecule has 3 nitrogen and oxygen atoms in total. The van der Waals surface area contributed by atoms with Gasteiger partial charge in [-0.3, -0.25) is 4.79 Å². The van der Waals surface area contributed by atoms with Gasteiger partial charge in [0.05, 0.1) is 16.2 Å². The summed E-state index contributed by atoms with van der Waals surface area (Å²) in [7, 11) is 0. The van der Waals surface area contributed by atoms with Crippen molar-refractivity contribution in [3.63, 3.8) is 0 Å². The number of aromatic nitrogens is 1. The van der Waals surface area contributed by atoms with Crippen LogP contribution in [0, 0.1) is 20.8 Å². The van der Waals surface area contributed by atoms with Gasteiger partial charge in [-0.15, -0.1) is 11.3 Å². The second-order valence-electron chi connectivity index (χ2n) is 4.15. The highest BCUT2D eigenvalue weighted by atomic mass is 35.5. The second kappa shape index (κ2) is 5.08. The summed E-state index contributed by atoms with van der Waals surface area (Å²) in [6, 6.07) is 3.81. The van der Waals surface area contributed by atoms with E-state index in [4.69, 9.17) is 11.6 Å². The Morgan fingerprint density at radius 1 is 1.33 bits per heavy atom. The van der Waals surface area contributed by atoms with Crippen molar-refractivity contribution in [1.82, 2.24) is 4.98 Å². The van der Waals surface area contributed by atoms with E-state index < -0.39 is 0 Å². The second-order valence-corrected chi connectivity index (χ2v) is 5.62. The number of hydrogen-bond acceptors (Lipinski definition) is 3. The molecule has 1 amide bonds. The van der Waals surface area contributed by atoms with Gasteiger partial charge in [0, 0.05) is 4.88 Å². The van der Waals surface area contributed by atoms with Gasteiger partial charge in [0.15, 0.2) is 0 Å². The van der Waals surface area contributed by atoms with E-state index in [-0.39, 0.29) is 5.91 Å². The maximum Gasteiger partial charge on any atom is 0.275 e. The number of carbonyl (C=O) groups is 1. The molecule has 0 fully saturated rings. The van der Waals surface area contributed by atoms with E-state index in [0.29, 0.717) is 16.4 Å². The summed E-state index contributed by atoms with van der Waals surface area (Å²) in [6.07, 6.45) is 0. The average Bonchev–Trinajstić information content (AvgIpc) is 2.69. The van der Waals surface area contributed by atoms with Gasteiger partial charge in [-0.1, -0.05) is 17.7 Å². The Labute approximate surface area is 115 Å². The highest BCUT2D eigenvalue weighted by Gasteiger charge is 2.15. The van der Waals surface area contributed by atoms with E-state index >= 15 is 0 Å². The molecule has 0 atom stereocenters. The normalized spacial score (nSPS) is 10.4. The van der Waals surface area contributed by atoms with Crippen LogP contribution in [-0.4, -0.2) is 10.9 Å². The maximum atomic E-state index is 12.1. The van der Waals surface area contributed by atoms with Crippen molar-refractivity contribution in [2.24, 2.45) is 0 Å². The zero-order valence-electron chi connectivity index (χ0n) is 10.4. The van der Waals surface area contributed by atoms with Crippen molar-refractivity contribution >= 4 is 34.5 Å². The van der Waals surface area contributed by atoms with Crippen molar-refractivity contribution < 1.29 is 4.79 Å². The molecule has 0 saturated heterocycles. The van der Waals surface area contributed by atoms with Crippen molar-refractivity contribution in [3.8, 4) is 0 Å². The van der Waals surface area contributed by atoms with E-state index in [9.17, 15) is 4.79 Å². The van der Waals surface area contributed by atoms with Gasteiger partial charge in [-0.25, -0.2) is 4.98 Å². The highest BCUT2D eigenvalue weighted by molar-refractivity contribution is 7.09. The lowest BCUT2D eigenvalue weighted by Crippen LogP contribution is -2.14. The van der Waals surface area contributed by atoms with Crippen LogP contribution in [0.1, 0.15) is 26.5 Å². The summed E-state index contributed by atoms with van der Waals surface area (Å²) in [5, 5.41) is 3.37. The monoisotopic (exact) mass is 280 g/mol. The minimum Gasteiger partial charge on any atom is -0.319 e. The van der Waals surface area contributed by atoms with Gasteiger partial charge in [0.1, 0.15) is 5.69 Å². The molecule has 5 heteroatoms. The van der Waals surface area contributed by atoms with Gasteiger partial charge < -0.3 is 5.32 Å². The molecule has 0 unspecified atom stereocenters. The summed E-state index contributed by atoms with van der Waals surface area (Å²) < 4.78 is 0. The smallest absolute Gasteiger partial charge is 0.275 e. The van der Waals surface area contributed by atoms with Crippen molar-refractivity contribution in [1.29, 1.82) is 0 Å². The third kappa shape index (κ3) is 2.54. The lowest BCUT2D eigenvalue weighted by atomic mass is 10.1. The number of carbonyl (C=O) groups excluding carboxylic acids is 1. The molecule has 2 aromatic rings. The van der Waals surface area contributed by atoms with Crippen LogP contribution < -0.4 is 5.32 Å². The molecule has 0 aliphatic carbocycles. The minimum atomic E-state index is -0.220. The molecule has 0 saturated carbocycles. The Morgan fingerprint density at radius 3 is 2.61 bits per heavy atom. The lowest BCUT2D eigenvalue weighted by Gasteiger charge is -2.10. The molecule has 2 rings (SSSR count). The molecular weight excluding hydrogens is 268 g/mol. The van der Waals surface area contributed by atoms with Crippen LogP contribution in [0.3, 0.4) is 0 Å². The van der Waals surface area contributed by atoms with Gasteiger partial charge in [-0.05, 0) is 38.0 Å². The van der Waals surface area contributed by atoms with Crippen LogP contribution >= 0.6 is 22.9 Å². The first kappa shape index (κ1) is 13.1. The molecule has 0 aliphatic rings. The SMILES string of the molecule is Cc1cc(C)c(NC(=O)c2ncsc2C)c(Cl)c1. The molecular formula is C13H13ClN2OS. The molecule has 0 radical (unpaired) electrons. The summed E-state index contributed by atoms with van der Waals surface area (Å²) in [6.45, 7) is 5.76. The van der Waals surface area contributed by atoms with Crippen LogP contribution in [-0.2, 0) is 0 Å². The summed E-state index contributed by atoms with van der Waals surface area (Å²) in [5.74, 6) is -0.220. The van der Waals surface area contributed by atoms with Crippen LogP contribution in [0.25, 0.3) is 0 Å². The first-order chi connectivity index (χ1) is 8.49. The third-order valence-electron chi connectivity index (χ3n) is 2.63. The number of thiazole rings is 1. The van der Waals surface area contributed by atoms with E-state index in [2.05, 4.69) is 10.3 Å². The molecule has 1 N–H and O–H groups in total. The average molecular weight is 281 g/mol. The van der Waals surface area contributed by atoms with Crippen molar-refractivity contribution in [2.45, 2.75) is 20.8 Å². The molecule has 1 heterocycles. The topological polar surface area (TPSA) is 42.0 Å². The fourth-order valence-corrected chi connectivity index (χ4v) is 2.71. The first-order valence-corrected chi connectivity index (χ1v) is 6.73. The Balaban J connectivity index is 2.31. The number of halogens is 1. The predicted octanol–water partition coefficient (Wildman–Crippen LogP) is 3.97. The summed E-state index contributed by atoms with van der Waals surface area (Å²) in [4.78, 5) is 17.0. The molecule has 0 spiro atoms.